The molecule has 4 nitrogen and oxygen atoms in total. The standard InChI is InChI=1S/C17H18O4/c1-20-14-10-13(17(21-2)16(19)11-14)8-5-7-12-6-3-4-9-15(12)18/h3-7,9-11,18-19H,8H2,1-2H3. The molecule has 2 aromatic carbocycles. The smallest absolute Gasteiger partial charge is 0.164 e. The number of methoxy groups -OCH3 is 2. The van der Waals surface area contributed by atoms with E-state index in [2.05, 4.69) is 0 Å². The third kappa shape index (κ3) is 3.48. The Hall–Kier alpha value is -2.62. The van der Waals surface area contributed by atoms with E-state index >= 15 is 0 Å². The Labute approximate surface area is 123 Å². The van der Waals surface area contributed by atoms with Crippen LogP contribution in [0.1, 0.15) is 11.1 Å². The SMILES string of the molecule is COc1cc(O)c(OC)c(CC=Cc2ccccc2O)c1. The molecule has 0 bridgehead atoms. The molecule has 0 saturated carbocycles. The molecule has 0 unspecified atom stereocenters. The highest BCUT2D eigenvalue weighted by Gasteiger charge is 2.10. The van der Waals surface area contributed by atoms with Gasteiger partial charge in [0.1, 0.15) is 11.5 Å². The van der Waals surface area contributed by atoms with Crippen LogP contribution in [0.25, 0.3) is 6.08 Å². The molecular weight excluding hydrogens is 268 g/mol. The summed E-state index contributed by atoms with van der Waals surface area (Å²) in [5.41, 5.74) is 1.55. The van der Waals surface area contributed by atoms with Crippen molar-refractivity contribution in [1.82, 2.24) is 0 Å². The van der Waals surface area contributed by atoms with Crippen LogP contribution < -0.4 is 9.47 Å². The van der Waals surface area contributed by atoms with Crippen molar-refractivity contribution in [1.29, 1.82) is 0 Å². The third-order valence-corrected chi connectivity index (χ3v) is 3.13. The Morgan fingerprint density at radius 1 is 1.00 bits per heavy atom. The molecule has 0 saturated heterocycles. The molecular formula is C17H18O4. The van der Waals surface area contributed by atoms with Gasteiger partial charge < -0.3 is 19.7 Å². The highest BCUT2D eigenvalue weighted by molar-refractivity contribution is 5.58. The number of hydrogen-bond donors (Lipinski definition) is 2. The molecule has 0 spiro atoms. The Morgan fingerprint density at radius 3 is 2.43 bits per heavy atom. The van der Waals surface area contributed by atoms with Gasteiger partial charge in [0.15, 0.2) is 11.5 Å². The summed E-state index contributed by atoms with van der Waals surface area (Å²) in [6.07, 6.45) is 4.26. The van der Waals surface area contributed by atoms with Gasteiger partial charge in [0.05, 0.1) is 14.2 Å². The molecule has 21 heavy (non-hydrogen) atoms. The van der Waals surface area contributed by atoms with Crippen molar-refractivity contribution in [3.8, 4) is 23.0 Å². The molecule has 0 fully saturated rings. The van der Waals surface area contributed by atoms with E-state index in [1.165, 1.54) is 13.2 Å². The average molecular weight is 286 g/mol. The summed E-state index contributed by atoms with van der Waals surface area (Å²) in [4.78, 5) is 0. The molecule has 4 heteroatoms. The topological polar surface area (TPSA) is 58.9 Å². The van der Waals surface area contributed by atoms with Crippen LogP contribution in [0, 0.1) is 0 Å². The van der Waals surface area contributed by atoms with Crippen molar-refractivity contribution in [2.45, 2.75) is 6.42 Å². The third-order valence-electron chi connectivity index (χ3n) is 3.13. The Kier molecular flexibility index (Phi) is 4.72. The fourth-order valence-electron chi connectivity index (χ4n) is 2.09. The van der Waals surface area contributed by atoms with Crippen LogP contribution in [0.3, 0.4) is 0 Å². The summed E-state index contributed by atoms with van der Waals surface area (Å²) in [6, 6.07) is 10.4. The van der Waals surface area contributed by atoms with E-state index in [1.807, 2.05) is 30.4 Å². The number of allylic oxidation sites excluding steroid dienone is 1. The second kappa shape index (κ2) is 6.70. The van der Waals surface area contributed by atoms with Gasteiger partial charge in [-0.2, -0.15) is 0 Å². The molecule has 2 aromatic rings. The van der Waals surface area contributed by atoms with Crippen LogP contribution in [0.4, 0.5) is 0 Å². The first-order valence-electron chi connectivity index (χ1n) is 6.54. The van der Waals surface area contributed by atoms with Gasteiger partial charge in [-0.05, 0) is 18.6 Å². The maximum Gasteiger partial charge on any atom is 0.164 e. The summed E-state index contributed by atoms with van der Waals surface area (Å²) in [5.74, 6) is 1.27. The quantitative estimate of drug-likeness (QED) is 0.884. The molecule has 0 aromatic heterocycles. The van der Waals surface area contributed by atoms with Gasteiger partial charge in [0.2, 0.25) is 0 Å². The van der Waals surface area contributed by atoms with Crippen LogP contribution in [0.2, 0.25) is 0 Å². The molecule has 2 N–H and O–H groups in total. The maximum atomic E-state index is 9.89. The summed E-state index contributed by atoms with van der Waals surface area (Å²) < 4.78 is 10.4. The number of hydrogen-bond acceptors (Lipinski definition) is 4. The van der Waals surface area contributed by atoms with E-state index in [1.54, 1.807) is 19.2 Å². The van der Waals surface area contributed by atoms with Crippen molar-refractivity contribution in [2.24, 2.45) is 0 Å². The second-order valence-corrected chi connectivity index (χ2v) is 4.50. The molecule has 110 valence electrons. The van der Waals surface area contributed by atoms with E-state index in [-0.39, 0.29) is 11.5 Å². The van der Waals surface area contributed by atoms with Crippen LogP contribution in [-0.4, -0.2) is 24.4 Å². The van der Waals surface area contributed by atoms with E-state index < -0.39 is 0 Å². The summed E-state index contributed by atoms with van der Waals surface area (Å²) in [6.45, 7) is 0. The molecule has 0 radical (unpaired) electrons. The summed E-state index contributed by atoms with van der Waals surface area (Å²) >= 11 is 0. The molecule has 0 heterocycles. The van der Waals surface area contributed by atoms with Crippen molar-refractivity contribution < 1.29 is 19.7 Å². The van der Waals surface area contributed by atoms with Crippen molar-refractivity contribution in [3.05, 3.63) is 53.6 Å². The number of phenols is 2. The molecule has 0 aliphatic carbocycles. The van der Waals surface area contributed by atoms with E-state index in [0.717, 1.165) is 11.1 Å². The van der Waals surface area contributed by atoms with Gasteiger partial charge in [0, 0.05) is 17.2 Å². The molecule has 2 rings (SSSR count). The van der Waals surface area contributed by atoms with Gasteiger partial charge >= 0.3 is 0 Å². The number of aromatic hydroxyl groups is 2. The second-order valence-electron chi connectivity index (χ2n) is 4.50. The lowest BCUT2D eigenvalue weighted by Gasteiger charge is -2.11. The van der Waals surface area contributed by atoms with Crippen molar-refractivity contribution in [2.75, 3.05) is 14.2 Å². The van der Waals surface area contributed by atoms with Gasteiger partial charge in [0.25, 0.3) is 0 Å². The number of phenolic OH excluding ortho intramolecular Hbond substituents is 2. The predicted molar refractivity (Wildman–Crippen MR) is 82.1 cm³/mol. The Balaban J connectivity index is 2.23. The Bertz CT molecular complexity index is 647. The van der Waals surface area contributed by atoms with Crippen LogP contribution >= 0.6 is 0 Å². The van der Waals surface area contributed by atoms with Gasteiger partial charge in [-0.25, -0.2) is 0 Å². The zero-order chi connectivity index (χ0) is 15.2. The summed E-state index contributed by atoms with van der Waals surface area (Å²) in [5, 5.41) is 19.6. The van der Waals surface area contributed by atoms with Gasteiger partial charge in [-0.3, -0.25) is 0 Å². The number of benzene rings is 2. The van der Waals surface area contributed by atoms with E-state index in [9.17, 15) is 10.2 Å². The fourth-order valence-corrected chi connectivity index (χ4v) is 2.09. The monoisotopic (exact) mass is 286 g/mol. The average Bonchev–Trinajstić information content (AvgIpc) is 2.48. The lowest BCUT2D eigenvalue weighted by atomic mass is 10.1. The highest BCUT2D eigenvalue weighted by Crippen LogP contribution is 2.35. The molecule has 0 atom stereocenters. The highest BCUT2D eigenvalue weighted by atomic mass is 16.5. The first kappa shape index (κ1) is 14.8. The van der Waals surface area contributed by atoms with Gasteiger partial charge in [-0.15, -0.1) is 0 Å². The lowest BCUT2D eigenvalue weighted by molar-refractivity contribution is 0.362. The summed E-state index contributed by atoms with van der Waals surface area (Å²) in [7, 11) is 3.06. The van der Waals surface area contributed by atoms with Crippen molar-refractivity contribution in [3.63, 3.8) is 0 Å². The van der Waals surface area contributed by atoms with E-state index in [4.69, 9.17) is 9.47 Å². The number of ether oxygens (including phenoxy) is 2. The Morgan fingerprint density at radius 2 is 1.76 bits per heavy atom. The predicted octanol–water partition coefficient (Wildman–Crippen LogP) is 3.37. The zero-order valence-corrected chi connectivity index (χ0v) is 12.0. The maximum absolute atomic E-state index is 9.89. The van der Waals surface area contributed by atoms with Crippen LogP contribution in [-0.2, 0) is 6.42 Å². The normalized spacial score (nSPS) is 10.8. The zero-order valence-electron chi connectivity index (χ0n) is 12.0. The first-order valence-corrected chi connectivity index (χ1v) is 6.54. The minimum Gasteiger partial charge on any atom is -0.507 e. The molecule has 0 amide bonds. The van der Waals surface area contributed by atoms with Crippen molar-refractivity contribution >= 4 is 6.08 Å². The molecule has 0 aliphatic rings. The number of para-hydroxylation sites is 1. The number of rotatable bonds is 5. The van der Waals surface area contributed by atoms with E-state index in [0.29, 0.717) is 17.9 Å². The van der Waals surface area contributed by atoms with Crippen LogP contribution in [0.5, 0.6) is 23.0 Å². The minimum absolute atomic E-state index is 0.0443. The largest absolute Gasteiger partial charge is 0.507 e. The molecule has 0 aliphatic heterocycles. The van der Waals surface area contributed by atoms with Crippen LogP contribution in [0.15, 0.2) is 42.5 Å². The first-order chi connectivity index (χ1) is 10.2. The lowest BCUT2D eigenvalue weighted by Crippen LogP contribution is -1.93. The van der Waals surface area contributed by atoms with Gasteiger partial charge in [-0.1, -0.05) is 30.4 Å². The minimum atomic E-state index is 0.0443. The fraction of sp³-hybridized carbons (Fsp3) is 0.176.